The quantitative estimate of drug-likeness (QED) is 0.124. The minimum absolute atomic E-state index is 0.0689. The van der Waals surface area contributed by atoms with Crippen LogP contribution in [0.5, 0.6) is 5.75 Å². The molecule has 0 aliphatic heterocycles. The molecule has 4 rings (SSSR count). The van der Waals surface area contributed by atoms with E-state index >= 15 is 0 Å². The second kappa shape index (κ2) is 14.9. The van der Waals surface area contributed by atoms with E-state index in [2.05, 4.69) is 16.0 Å². The molecule has 214 valence electrons. The monoisotopic (exact) mass is 599 g/mol. The van der Waals surface area contributed by atoms with E-state index in [1.807, 2.05) is 19.1 Å². The second-order valence-electron chi connectivity index (χ2n) is 9.15. The van der Waals surface area contributed by atoms with Gasteiger partial charge in [0.15, 0.2) is 0 Å². The van der Waals surface area contributed by atoms with Crippen molar-refractivity contribution in [3.05, 3.63) is 125 Å². The topological polar surface area (TPSA) is 96.5 Å². The molecule has 1 atom stereocenters. The number of anilines is 2. The summed E-state index contributed by atoms with van der Waals surface area (Å²) in [7, 11) is 1.57. The minimum Gasteiger partial charge on any atom is -0.497 e. The summed E-state index contributed by atoms with van der Waals surface area (Å²) in [5, 5.41) is 8.69. The number of rotatable bonds is 11. The first-order valence-corrected chi connectivity index (χ1v) is 14.5. The Morgan fingerprint density at radius 3 is 2.21 bits per heavy atom. The predicted molar refractivity (Wildman–Crippen MR) is 170 cm³/mol. The Kier molecular flexibility index (Phi) is 10.8. The van der Waals surface area contributed by atoms with Gasteiger partial charge in [-0.25, -0.2) is 0 Å². The fourth-order valence-electron chi connectivity index (χ4n) is 3.93. The van der Waals surface area contributed by atoms with Gasteiger partial charge < -0.3 is 20.7 Å². The van der Waals surface area contributed by atoms with Gasteiger partial charge in [0, 0.05) is 26.9 Å². The molecule has 0 heterocycles. The van der Waals surface area contributed by atoms with E-state index in [-0.39, 0.29) is 16.9 Å². The van der Waals surface area contributed by atoms with E-state index in [0.717, 1.165) is 4.90 Å². The van der Waals surface area contributed by atoms with Crippen molar-refractivity contribution < 1.29 is 19.1 Å². The van der Waals surface area contributed by atoms with E-state index in [4.69, 9.17) is 16.3 Å². The van der Waals surface area contributed by atoms with E-state index in [1.54, 1.807) is 104 Å². The summed E-state index contributed by atoms with van der Waals surface area (Å²) < 4.78 is 5.22. The number of halogens is 1. The molecule has 0 aromatic heterocycles. The summed E-state index contributed by atoms with van der Waals surface area (Å²) in [4.78, 5) is 40.1. The first kappa shape index (κ1) is 30.4. The molecule has 4 aromatic carbocycles. The van der Waals surface area contributed by atoms with Gasteiger partial charge in [0.2, 0.25) is 5.91 Å². The van der Waals surface area contributed by atoms with Crippen molar-refractivity contribution in [3.8, 4) is 5.75 Å². The zero-order valence-corrected chi connectivity index (χ0v) is 24.7. The fraction of sp³-hybridized carbons (Fsp3) is 0.121. The number of methoxy groups -OCH3 is 1. The van der Waals surface area contributed by atoms with Crippen LogP contribution in [0.2, 0.25) is 5.02 Å². The molecule has 9 heteroatoms. The Bertz CT molecular complexity index is 1580. The maximum Gasteiger partial charge on any atom is 0.272 e. The third-order valence-corrected chi connectivity index (χ3v) is 7.67. The lowest BCUT2D eigenvalue weighted by molar-refractivity contribution is -0.116. The predicted octanol–water partition coefficient (Wildman–Crippen LogP) is 7.27. The minimum atomic E-state index is -0.497. The Labute approximate surface area is 254 Å². The molecule has 0 spiro atoms. The number of nitrogens with one attached hydrogen (secondary N) is 3. The Balaban J connectivity index is 1.50. The van der Waals surface area contributed by atoms with Crippen LogP contribution in [0.4, 0.5) is 11.4 Å². The van der Waals surface area contributed by atoms with Gasteiger partial charge in [-0.05, 0) is 78.7 Å². The number of amides is 3. The van der Waals surface area contributed by atoms with Crippen molar-refractivity contribution in [2.75, 3.05) is 17.7 Å². The maximum absolute atomic E-state index is 13.4. The first-order valence-electron chi connectivity index (χ1n) is 13.2. The van der Waals surface area contributed by atoms with Crippen molar-refractivity contribution in [3.63, 3.8) is 0 Å². The van der Waals surface area contributed by atoms with Crippen molar-refractivity contribution in [2.24, 2.45) is 0 Å². The van der Waals surface area contributed by atoms with Crippen LogP contribution in [-0.4, -0.2) is 30.1 Å². The lowest BCUT2D eigenvalue weighted by Crippen LogP contribution is -2.30. The molecule has 0 saturated carbocycles. The highest BCUT2D eigenvalue weighted by molar-refractivity contribution is 8.00. The van der Waals surface area contributed by atoms with Gasteiger partial charge in [0.05, 0.1) is 12.4 Å². The Morgan fingerprint density at radius 2 is 1.55 bits per heavy atom. The van der Waals surface area contributed by atoms with Crippen LogP contribution in [0.15, 0.2) is 114 Å². The van der Waals surface area contributed by atoms with Crippen LogP contribution in [0.1, 0.15) is 29.3 Å². The van der Waals surface area contributed by atoms with Gasteiger partial charge >= 0.3 is 0 Å². The summed E-state index contributed by atoms with van der Waals surface area (Å²) in [6.07, 6.45) is 2.19. The molecule has 3 N–H and O–H groups in total. The zero-order chi connectivity index (χ0) is 29.9. The summed E-state index contributed by atoms with van der Waals surface area (Å²) >= 11 is 7.44. The van der Waals surface area contributed by atoms with E-state index in [1.165, 1.54) is 11.8 Å². The third-order valence-electron chi connectivity index (χ3n) is 6.08. The summed E-state index contributed by atoms with van der Waals surface area (Å²) in [6.45, 7) is 1.94. The van der Waals surface area contributed by atoms with Gasteiger partial charge in [-0.3, -0.25) is 14.4 Å². The maximum atomic E-state index is 13.4. The number of carbonyl (C=O) groups is 3. The van der Waals surface area contributed by atoms with Gasteiger partial charge in [0.25, 0.3) is 11.8 Å². The lowest BCUT2D eigenvalue weighted by Gasteiger charge is -2.16. The molecule has 1 unspecified atom stereocenters. The van der Waals surface area contributed by atoms with Crippen molar-refractivity contribution >= 4 is 58.5 Å². The summed E-state index contributed by atoms with van der Waals surface area (Å²) in [5.74, 6) is -0.380. The number of benzene rings is 4. The van der Waals surface area contributed by atoms with Gasteiger partial charge in [-0.2, -0.15) is 0 Å². The van der Waals surface area contributed by atoms with Gasteiger partial charge in [-0.15, -0.1) is 11.8 Å². The molecule has 0 fully saturated rings. The average Bonchev–Trinajstić information content (AvgIpc) is 3.00. The summed E-state index contributed by atoms with van der Waals surface area (Å²) in [5.41, 5.74) is 2.34. The molecule has 3 amide bonds. The van der Waals surface area contributed by atoms with Crippen LogP contribution in [0.25, 0.3) is 6.08 Å². The standard InChI is InChI=1S/C33H30ClN3O4S/c1-3-30(33(40)36-25-12-7-11-24(34)20-25)42-28-14-8-13-26(21-28)35-32(39)29(19-22-15-17-27(41-2)18-16-22)37-31(38)23-9-5-4-6-10-23/h4-21,30H,3H2,1-2H3,(H,35,39)(H,36,40)(H,37,38)/b29-19+. The van der Waals surface area contributed by atoms with Crippen LogP contribution < -0.4 is 20.7 Å². The SMILES string of the molecule is CCC(Sc1cccc(NC(=O)/C(=C\c2ccc(OC)cc2)NC(=O)c2ccccc2)c1)C(=O)Nc1cccc(Cl)c1. The molecule has 0 aliphatic carbocycles. The summed E-state index contributed by atoms with van der Waals surface area (Å²) in [6, 6.07) is 30.0. The number of carbonyl (C=O) groups excluding carboxylic acids is 3. The molecule has 0 aliphatic rings. The molecule has 0 radical (unpaired) electrons. The molecular weight excluding hydrogens is 570 g/mol. The number of thioether (sulfide) groups is 1. The third kappa shape index (κ3) is 8.73. The highest BCUT2D eigenvalue weighted by atomic mass is 35.5. The molecule has 0 saturated heterocycles. The Morgan fingerprint density at radius 1 is 0.857 bits per heavy atom. The van der Waals surface area contributed by atoms with Crippen LogP contribution in [-0.2, 0) is 9.59 Å². The van der Waals surface area contributed by atoms with Crippen LogP contribution in [0, 0.1) is 0 Å². The number of hydrogen-bond donors (Lipinski definition) is 3. The average molecular weight is 600 g/mol. The van der Waals surface area contributed by atoms with Gasteiger partial charge in [0.1, 0.15) is 11.4 Å². The lowest BCUT2D eigenvalue weighted by atomic mass is 10.1. The highest BCUT2D eigenvalue weighted by Crippen LogP contribution is 2.29. The molecule has 7 nitrogen and oxygen atoms in total. The van der Waals surface area contributed by atoms with Gasteiger partial charge in [-0.1, -0.05) is 61.0 Å². The van der Waals surface area contributed by atoms with E-state index in [0.29, 0.717) is 39.7 Å². The fourth-order valence-corrected chi connectivity index (χ4v) is 5.13. The molecule has 4 aromatic rings. The number of ether oxygens (including phenoxy) is 1. The van der Waals surface area contributed by atoms with E-state index < -0.39 is 11.8 Å². The van der Waals surface area contributed by atoms with Crippen LogP contribution >= 0.6 is 23.4 Å². The number of hydrogen-bond acceptors (Lipinski definition) is 5. The largest absolute Gasteiger partial charge is 0.497 e. The smallest absolute Gasteiger partial charge is 0.272 e. The second-order valence-corrected chi connectivity index (χ2v) is 10.9. The molecule has 0 bridgehead atoms. The zero-order valence-electron chi connectivity index (χ0n) is 23.1. The van der Waals surface area contributed by atoms with Crippen molar-refractivity contribution in [2.45, 2.75) is 23.5 Å². The van der Waals surface area contributed by atoms with E-state index in [9.17, 15) is 14.4 Å². The normalized spacial score (nSPS) is 11.7. The molecular formula is C33H30ClN3O4S. The highest BCUT2D eigenvalue weighted by Gasteiger charge is 2.19. The van der Waals surface area contributed by atoms with Crippen LogP contribution in [0.3, 0.4) is 0 Å². The van der Waals surface area contributed by atoms with Crippen molar-refractivity contribution in [1.29, 1.82) is 0 Å². The first-order chi connectivity index (χ1) is 20.3. The molecule has 42 heavy (non-hydrogen) atoms. The Hall–Kier alpha value is -4.53. The van der Waals surface area contributed by atoms with Crippen molar-refractivity contribution in [1.82, 2.24) is 5.32 Å².